The molecule has 0 saturated heterocycles. The fraction of sp³-hybridized carbons (Fsp3) is 0.389. The van der Waals surface area contributed by atoms with Crippen LogP contribution in [0.15, 0.2) is 48.6 Å². The third-order valence-electron chi connectivity index (χ3n) is 4.72. The predicted octanol–water partition coefficient (Wildman–Crippen LogP) is 4.05. The van der Waals surface area contributed by atoms with Gasteiger partial charge in [0.2, 0.25) is 0 Å². The molecule has 1 fully saturated rings. The van der Waals surface area contributed by atoms with Gasteiger partial charge in [-0.15, -0.1) is 0 Å². The summed E-state index contributed by atoms with van der Waals surface area (Å²) in [7, 11) is 0. The van der Waals surface area contributed by atoms with Crippen molar-refractivity contribution in [2.24, 2.45) is 11.8 Å². The Morgan fingerprint density at radius 1 is 1.39 bits per heavy atom. The summed E-state index contributed by atoms with van der Waals surface area (Å²) < 4.78 is 5.49. The number of hydrogen-bond donors (Lipinski definition) is 0. The van der Waals surface area contributed by atoms with E-state index in [-0.39, 0.29) is 11.8 Å². The van der Waals surface area contributed by atoms with E-state index in [9.17, 15) is 14.9 Å². The van der Waals surface area contributed by atoms with Gasteiger partial charge in [0.05, 0.1) is 10.5 Å². The molecule has 23 heavy (non-hydrogen) atoms. The molecule has 0 radical (unpaired) electrons. The molecule has 1 saturated carbocycles. The number of esters is 1. The van der Waals surface area contributed by atoms with Gasteiger partial charge in [0, 0.05) is 18.6 Å². The van der Waals surface area contributed by atoms with E-state index in [1.54, 1.807) is 6.08 Å². The maximum Gasteiger partial charge on any atom is 0.338 e. The van der Waals surface area contributed by atoms with E-state index in [0.717, 1.165) is 0 Å². The number of fused-ring (bicyclic) bond motifs is 2. The minimum absolute atomic E-state index is 0.0473. The second-order valence-corrected chi connectivity index (χ2v) is 6.20. The SMILES string of the molecule is C=C[C@@H](CC1=C[C@H]2CC[C@H]1C2)OC(=O)c1ccc([N+](=O)[O-])cc1. The molecule has 2 aliphatic rings. The maximum absolute atomic E-state index is 12.2. The van der Waals surface area contributed by atoms with Crippen LogP contribution >= 0.6 is 0 Å². The number of carbonyl (C=O) groups is 1. The zero-order chi connectivity index (χ0) is 16.4. The lowest BCUT2D eigenvalue weighted by molar-refractivity contribution is -0.384. The van der Waals surface area contributed by atoms with Crippen LogP contribution in [-0.4, -0.2) is 17.0 Å². The lowest BCUT2D eigenvalue weighted by Crippen LogP contribution is -2.18. The molecule has 0 N–H and O–H groups in total. The van der Waals surface area contributed by atoms with Gasteiger partial charge in [-0.2, -0.15) is 0 Å². The fourth-order valence-corrected chi connectivity index (χ4v) is 3.51. The number of ether oxygens (including phenoxy) is 1. The van der Waals surface area contributed by atoms with Crippen LogP contribution in [0.2, 0.25) is 0 Å². The van der Waals surface area contributed by atoms with Gasteiger partial charge < -0.3 is 4.74 Å². The highest BCUT2D eigenvalue weighted by molar-refractivity contribution is 5.89. The van der Waals surface area contributed by atoms with Crippen LogP contribution in [0, 0.1) is 22.0 Å². The van der Waals surface area contributed by atoms with E-state index < -0.39 is 10.9 Å². The smallest absolute Gasteiger partial charge is 0.338 e. The van der Waals surface area contributed by atoms with Crippen molar-refractivity contribution >= 4 is 11.7 Å². The lowest BCUT2D eigenvalue weighted by Gasteiger charge is -2.19. The van der Waals surface area contributed by atoms with Gasteiger partial charge in [0.15, 0.2) is 0 Å². The third kappa shape index (κ3) is 3.33. The highest BCUT2D eigenvalue weighted by Crippen LogP contribution is 2.45. The van der Waals surface area contributed by atoms with Crippen LogP contribution in [0.1, 0.15) is 36.0 Å². The van der Waals surface area contributed by atoms with Crippen molar-refractivity contribution in [3.63, 3.8) is 0 Å². The van der Waals surface area contributed by atoms with Gasteiger partial charge in [-0.1, -0.05) is 24.3 Å². The first-order chi connectivity index (χ1) is 11.1. The number of benzene rings is 1. The maximum atomic E-state index is 12.2. The second-order valence-electron chi connectivity index (χ2n) is 6.20. The molecule has 3 atom stereocenters. The summed E-state index contributed by atoms with van der Waals surface area (Å²) in [4.78, 5) is 22.3. The summed E-state index contributed by atoms with van der Waals surface area (Å²) in [6.45, 7) is 3.76. The van der Waals surface area contributed by atoms with Crippen molar-refractivity contribution < 1.29 is 14.5 Å². The Labute approximate surface area is 134 Å². The number of rotatable bonds is 6. The summed E-state index contributed by atoms with van der Waals surface area (Å²) in [5.74, 6) is 0.861. The molecule has 2 aliphatic carbocycles. The van der Waals surface area contributed by atoms with Crippen molar-refractivity contribution in [2.45, 2.75) is 31.8 Å². The Bertz CT molecular complexity index is 662. The van der Waals surface area contributed by atoms with Gasteiger partial charge >= 0.3 is 5.97 Å². The highest BCUT2D eigenvalue weighted by atomic mass is 16.6. The van der Waals surface area contributed by atoms with Crippen LogP contribution in [-0.2, 0) is 4.74 Å². The Balaban J connectivity index is 1.62. The molecule has 0 heterocycles. The van der Waals surface area contributed by atoms with E-state index in [1.807, 2.05) is 0 Å². The summed E-state index contributed by atoms with van der Waals surface area (Å²) in [6.07, 6.45) is 8.05. The standard InChI is InChI=1S/C18H19NO4/c1-2-17(11-15-10-12-3-4-14(15)9-12)23-18(20)13-5-7-16(8-6-13)19(21)22/h2,5-8,10,12,14,17H,1,3-4,9,11H2/t12-,14-,17-/m0/s1. The van der Waals surface area contributed by atoms with Crippen LogP contribution in [0.4, 0.5) is 5.69 Å². The summed E-state index contributed by atoms with van der Waals surface area (Å²) in [5, 5.41) is 10.6. The first-order valence-corrected chi connectivity index (χ1v) is 7.85. The van der Waals surface area contributed by atoms with Gasteiger partial charge in [0.1, 0.15) is 6.10 Å². The Morgan fingerprint density at radius 3 is 2.65 bits per heavy atom. The van der Waals surface area contributed by atoms with Gasteiger partial charge in [0.25, 0.3) is 5.69 Å². The monoisotopic (exact) mass is 313 g/mol. The lowest BCUT2D eigenvalue weighted by atomic mass is 9.94. The van der Waals surface area contributed by atoms with Crippen molar-refractivity contribution in [1.82, 2.24) is 0 Å². The number of non-ortho nitro benzene ring substituents is 1. The molecule has 1 aromatic rings. The van der Waals surface area contributed by atoms with Crippen LogP contribution in [0.25, 0.3) is 0 Å². The topological polar surface area (TPSA) is 69.4 Å². The quantitative estimate of drug-likeness (QED) is 0.344. The zero-order valence-corrected chi connectivity index (χ0v) is 12.8. The van der Waals surface area contributed by atoms with E-state index in [2.05, 4.69) is 12.7 Å². The van der Waals surface area contributed by atoms with Crippen molar-refractivity contribution in [3.05, 3.63) is 64.2 Å². The Hall–Kier alpha value is -2.43. The van der Waals surface area contributed by atoms with E-state index in [0.29, 0.717) is 23.8 Å². The third-order valence-corrected chi connectivity index (χ3v) is 4.72. The average molecular weight is 313 g/mol. The molecule has 3 rings (SSSR count). The first kappa shape index (κ1) is 15.5. The molecule has 0 aromatic heterocycles. The fourth-order valence-electron chi connectivity index (χ4n) is 3.51. The van der Waals surface area contributed by atoms with Crippen LogP contribution < -0.4 is 0 Å². The minimum Gasteiger partial charge on any atom is -0.454 e. The molecule has 0 amide bonds. The second kappa shape index (κ2) is 6.36. The van der Waals surface area contributed by atoms with Crippen molar-refractivity contribution in [3.8, 4) is 0 Å². The molecule has 0 aliphatic heterocycles. The van der Waals surface area contributed by atoms with E-state index >= 15 is 0 Å². The number of carbonyl (C=O) groups excluding carboxylic acids is 1. The Morgan fingerprint density at radius 2 is 2.13 bits per heavy atom. The highest BCUT2D eigenvalue weighted by Gasteiger charge is 2.33. The number of nitrogens with zero attached hydrogens (tertiary/aromatic N) is 1. The van der Waals surface area contributed by atoms with Gasteiger partial charge in [-0.3, -0.25) is 10.1 Å². The molecule has 0 unspecified atom stereocenters. The minimum atomic E-state index is -0.497. The van der Waals surface area contributed by atoms with Gasteiger partial charge in [-0.05, 0) is 43.2 Å². The molecular weight excluding hydrogens is 294 g/mol. The summed E-state index contributed by atoms with van der Waals surface area (Å²) >= 11 is 0. The van der Waals surface area contributed by atoms with Crippen LogP contribution in [0.3, 0.4) is 0 Å². The predicted molar refractivity (Wildman–Crippen MR) is 86.0 cm³/mol. The average Bonchev–Trinajstić information content (AvgIpc) is 3.17. The molecule has 0 spiro atoms. The Kier molecular flexibility index (Phi) is 4.28. The number of allylic oxidation sites excluding steroid dienone is 1. The number of nitro benzene ring substituents is 1. The largest absolute Gasteiger partial charge is 0.454 e. The zero-order valence-electron chi connectivity index (χ0n) is 12.8. The molecule has 2 bridgehead atoms. The van der Waals surface area contributed by atoms with E-state index in [4.69, 9.17) is 4.74 Å². The summed E-state index contributed by atoms with van der Waals surface area (Å²) in [6, 6.07) is 5.44. The van der Waals surface area contributed by atoms with Crippen molar-refractivity contribution in [1.29, 1.82) is 0 Å². The number of hydrogen-bond acceptors (Lipinski definition) is 4. The number of nitro groups is 1. The molecular formula is C18H19NO4. The first-order valence-electron chi connectivity index (χ1n) is 7.85. The van der Waals surface area contributed by atoms with Crippen molar-refractivity contribution in [2.75, 3.05) is 0 Å². The molecule has 1 aromatic carbocycles. The summed E-state index contributed by atoms with van der Waals surface area (Å²) in [5.41, 5.74) is 1.64. The molecule has 5 nitrogen and oxygen atoms in total. The molecule has 5 heteroatoms. The van der Waals surface area contributed by atoms with E-state index in [1.165, 1.54) is 49.1 Å². The van der Waals surface area contributed by atoms with Gasteiger partial charge in [-0.25, -0.2) is 4.79 Å². The normalized spacial score (nSPS) is 23.2. The van der Waals surface area contributed by atoms with Crippen LogP contribution in [0.5, 0.6) is 0 Å². The molecule has 120 valence electrons.